The van der Waals surface area contributed by atoms with E-state index in [1.165, 1.54) is 0 Å². The molecule has 0 aliphatic carbocycles. The molecule has 4 heterocycles. The summed E-state index contributed by atoms with van der Waals surface area (Å²) in [7, 11) is 0. The number of hydrogen-bond donors (Lipinski definition) is 2. The number of amides is 2. The third kappa shape index (κ3) is 2.46. The summed E-state index contributed by atoms with van der Waals surface area (Å²) in [5.74, 6) is 0.0857. The average Bonchev–Trinajstić information content (AvgIpc) is 3.35. The molecule has 2 aliphatic rings. The molecule has 1 spiro atoms. The summed E-state index contributed by atoms with van der Waals surface area (Å²) in [6, 6.07) is 9.81. The molecule has 3 aromatic rings. The largest absolute Gasteiger partial charge is 0.351 e. The monoisotopic (exact) mass is 377 g/mol. The van der Waals surface area contributed by atoms with Gasteiger partial charge in [0.05, 0.1) is 17.6 Å². The summed E-state index contributed by atoms with van der Waals surface area (Å²) in [6.45, 7) is 3.52. The van der Waals surface area contributed by atoms with Gasteiger partial charge in [0.25, 0.3) is 5.91 Å². The fourth-order valence-corrected chi connectivity index (χ4v) is 4.88. The Balaban J connectivity index is 1.41. The number of benzene rings is 1. The molecule has 2 aliphatic heterocycles. The van der Waals surface area contributed by atoms with Crippen molar-refractivity contribution < 1.29 is 9.59 Å². The fraction of sp³-hybridized carbons (Fsp3) is 0.381. The molecule has 2 N–H and O–H groups in total. The number of fused-ring (bicyclic) bond motifs is 3. The number of carbonyl (C=O) groups is 2. The molecule has 0 saturated carbocycles. The van der Waals surface area contributed by atoms with Crippen LogP contribution < -0.4 is 0 Å². The quantitative estimate of drug-likeness (QED) is 0.683. The van der Waals surface area contributed by atoms with Crippen LogP contribution in [-0.2, 0) is 16.8 Å². The molecule has 0 unspecified atom stereocenters. The SMILES string of the molecule is CC(=O)N1CCc2[nH]cnc2C12CCN(C(=O)c1cc3ccccc3[nH]1)CC2. The van der Waals surface area contributed by atoms with Crippen LogP contribution in [0.15, 0.2) is 36.7 Å². The Bertz CT molecular complexity index is 1020. The van der Waals surface area contributed by atoms with Crippen LogP contribution in [0.1, 0.15) is 41.6 Å². The second-order valence-corrected chi connectivity index (χ2v) is 7.74. The zero-order chi connectivity index (χ0) is 19.3. The van der Waals surface area contributed by atoms with E-state index in [0.717, 1.165) is 28.7 Å². The van der Waals surface area contributed by atoms with Crippen molar-refractivity contribution in [3.8, 4) is 0 Å². The maximum absolute atomic E-state index is 13.0. The van der Waals surface area contributed by atoms with Gasteiger partial charge in [0.2, 0.25) is 5.91 Å². The molecule has 1 saturated heterocycles. The Morgan fingerprint density at radius 2 is 1.93 bits per heavy atom. The number of para-hydroxylation sites is 1. The van der Waals surface area contributed by atoms with E-state index in [4.69, 9.17) is 0 Å². The molecular weight excluding hydrogens is 354 g/mol. The summed E-state index contributed by atoms with van der Waals surface area (Å²) in [5.41, 5.74) is 3.27. The molecule has 28 heavy (non-hydrogen) atoms. The molecule has 7 nitrogen and oxygen atoms in total. The lowest BCUT2D eigenvalue weighted by Crippen LogP contribution is -2.58. The van der Waals surface area contributed by atoms with E-state index in [1.54, 1.807) is 13.3 Å². The highest BCUT2D eigenvalue weighted by Crippen LogP contribution is 2.42. The number of nitrogens with one attached hydrogen (secondary N) is 2. The van der Waals surface area contributed by atoms with Gasteiger partial charge in [-0.3, -0.25) is 9.59 Å². The minimum absolute atomic E-state index is 0.0125. The number of imidazole rings is 1. The zero-order valence-corrected chi connectivity index (χ0v) is 15.9. The lowest BCUT2D eigenvalue weighted by molar-refractivity contribution is -0.139. The van der Waals surface area contributed by atoms with Crippen LogP contribution in [0, 0.1) is 0 Å². The van der Waals surface area contributed by atoms with Crippen LogP contribution >= 0.6 is 0 Å². The van der Waals surface area contributed by atoms with Gasteiger partial charge in [-0.25, -0.2) is 4.98 Å². The molecule has 1 aromatic carbocycles. The number of hydrogen-bond acceptors (Lipinski definition) is 3. The lowest BCUT2D eigenvalue weighted by atomic mass is 9.78. The number of likely N-dealkylation sites (tertiary alicyclic amines) is 1. The van der Waals surface area contributed by atoms with Crippen LogP contribution in [0.3, 0.4) is 0 Å². The predicted molar refractivity (Wildman–Crippen MR) is 105 cm³/mol. The molecule has 0 bridgehead atoms. The molecule has 2 aromatic heterocycles. The second-order valence-electron chi connectivity index (χ2n) is 7.74. The Morgan fingerprint density at radius 1 is 1.14 bits per heavy atom. The van der Waals surface area contributed by atoms with Gasteiger partial charge in [-0.15, -0.1) is 0 Å². The summed E-state index contributed by atoms with van der Waals surface area (Å²) < 4.78 is 0. The van der Waals surface area contributed by atoms with Crippen molar-refractivity contribution >= 4 is 22.7 Å². The van der Waals surface area contributed by atoms with Gasteiger partial charge in [-0.05, 0) is 25.0 Å². The molecule has 0 atom stereocenters. The van der Waals surface area contributed by atoms with Crippen molar-refractivity contribution in [2.45, 2.75) is 31.7 Å². The van der Waals surface area contributed by atoms with Crippen LogP contribution in [0.5, 0.6) is 0 Å². The van der Waals surface area contributed by atoms with Crippen molar-refractivity contribution in [3.63, 3.8) is 0 Å². The van der Waals surface area contributed by atoms with E-state index in [0.29, 0.717) is 38.2 Å². The Morgan fingerprint density at radius 3 is 2.68 bits per heavy atom. The zero-order valence-electron chi connectivity index (χ0n) is 15.9. The first-order chi connectivity index (χ1) is 13.6. The topological polar surface area (TPSA) is 85.1 Å². The molecule has 5 rings (SSSR count). The van der Waals surface area contributed by atoms with Gasteiger partial charge in [0, 0.05) is 49.6 Å². The first-order valence-electron chi connectivity index (χ1n) is 9.76. The number of nitrogens with zero attached hydrogens (tertiary/aromatic N) is 3. The van der Waals surface area contributed by atoms with Crippen LogP contribution in [0.4, 0.5) is 0 Å². The smallest absolute Gasteiger partial charge is 0.270 e. The highest BCUT2D eigenvalue weighted by molar-refractivity contribution is 5.98. The molecule has 0 radical (unpaired) electrons. The molecular formula is C21H23N5O2. The van der Waals surface area contributed by atoms with Gasteiger partial charge in [0.15, 0.2) is 0 Å². The maximum atomic E-state index is 13.0. The molecule has 144 valence electrons. The maximum Gasteiger partial charge on any atom is 0.270 e. The van der Waals surface area contributed by atoms with Gasteiger partial charge in [-0.2, -0.15) is 0 Å². The van der Waals surface area contributed by atoms with Crippen molar-refractivity contribution in [1.82, 2.24) is 24.8 Å². The Hall–Kier alpha value is -3.09. The summed E-state index contributed by atoms with van der Waals surface area (Å²) >= 11 is 0. The van der Waals surface area contributed by atoms with Gasteiger partial charge in [0.1, 0.15) is 5.69 Å². The van der Waals surface area contributed by atoms with E-state index in [1.807, 2.05) is 40.1 Å². The fourth-order valence-electron chi connectivity index (χ4n) is 4.88. The van der Waals surface area contributed by atoms with Gasteiger partial charge >= 0.3 is 0 Å². The standard InChI is InChI=1S/C21H23N5O2/c1-14(27)26-9-6-17-19(23-13-22-17)21(26)7-10-25(11-8-21)20(28)18-12-15-4-2-3-5-16(15)24-18/h2-5,12-13,24H,6-11H2,1H3,(H,22,23). The van der Waals surface area contributed by atoms with Crippen LogP contribution in [-0.4, -0.2) is 56.2 Å². The van der Waals surface area contributed by atoms with Crippen molar-refractivity contribution in [2.24, 2.45) is 0 Å². The third-order valence-electron chi connectivity index (χ3n) is 6.28. The minimum Gasteiger partial charge on any atom is -0.351 e. The van der Waals surface area contributed by atoms with Crippen molar-refractivity contribution in [2.75, 3.05) is 19.6 Å². The van der Waals surface area contributed by atoms with Crippen LogP contribution in [0.25, 0.3) is 10.9 Å². The second kappa shape index (κ2) is 6.22. The average molecular weight is 377 g/mol. The third-order valence-corrected chi connectivity index (χ3v) is 6.28. The van der Waals surface area contributed by atoms with E-state index < -0.39 is 5.54 Å². The first-order valence-corrected chi connectivity index (χ1v) is 9.76. The van der Waals surface area contributed by atoms with E-state index in [-0.39, 0.29) is 11.8 Å². The number of aromatic nitrogens is 3. The minimum atomic E-state index is -0.406. The number of carbonyl (C=O) groups excluding carboxylic acids is 2. The normalized spacial score (nSPS) is 18.5. The van der Waals surface area contributed by atoms with Gasteiger partial charge < -0.3 is 19.8 Å². The van der Waals surface area contributed by atoms with E-state index >= 15 is 0 Å². The Kier molecular flexibility index (Phi) is 3.79. The van der Waals surface area contributed by atoms with Gasteiger partial charge in [-0.1, -0.05) is 18.2 Å². The summed E-state index contributed by atoms with van der Waals surface area (Å²) in [5, 5.41) is 1.04. The van der Waals surface area contributed by atoms with Crippen molar-refractivity contribution in [3.05, 3.63) is 53.7 Å². The van der Waals surface area contributed by atoms with Crippen molar-refractivity contribution in [1.29, 1.82) is 0 Å². The lowest BCUT2D eigenvalue weighted by Gasteiger charge is -2.50. The summed E-state index contributed by atoms with van der Waals surface area (Å²) in [6.07, 6.45) is 3.93. The summed E-state index contributed by atoms with van der Waals surface area (Å²) in [4.78, 5) is 40.3. The highest BCUT2D eigenvalue weighted by atomic mass is 16.2. The molecule has 1 fully saturated rings. The highest BCUT2D eigenvalue weighted by Gasteiger charge is 2.48. The van der Waals surface area contributed by atoms with E-state index in [2.05, 4.69) is 15.0 Å². The number of H-pyrrole nitrogens is 2. The molecule has 7 heteroatoms. The number of piperidine rings is 1. The van der Waals surface area contributed by atoms with E-state index in [9.17, 15) is 9.59 Å². The number of rotatable bonds is 1. The molecule has 2 amide bonds. The van der Waals surface area contributed by atoms with Crippen LogP contribution in [0.2, 0.25) is 0 Å². The number of aromatic amines is 2. The predicted octanol–water partition coefficient (Wildman–Crippen LogP) is 2.43. The first kappa shape index (κ1) is 17.0. The Labute approximate surface area is 162 Å².